The molecule has 6 nitrogen and oxygen atoms in total. The van der Waals surface area contributed by atoms with E-state index < -0.39 is 0 Å². The Balaban J connectivity index is 1.05. The van der Waals surface area contributed by atoms with Crippen LogP contribution in [0, 0.1) is 17.2 Å². The van der Waals surface area contributed by atoms with Crippen molar-refractivity contribution in [1.29, 1.82) is 5.26 Å². The number of aromatic nitrogens is 1. The quantitative estimate of drug-likeness (QED) is 0.422. The number of piperidine rings is 1. The topological polar surface area (TPSA) is 63.5 Å². The number of pyridine rings is 1. The molecule has 190 valence electrons. The molecule has 2 fully saturated rings. The van der Waals surface area contributed by atoms with Crippen LogP contribution in [-0.4, -0.2) is 59.8 Å². The third-order valence-corrected chi connectivity index (χ3v) is 7.69. The summed E-state index contributed by atoms with van der Waals surface area (Å²) in [5.41, 5.74) is 4.98. The predicted octanol–water partition coefficient (Wildman–Crippen LogP) is 4.76. The van der Waals surface area contributed by atoms with Crippen LogP contribution in [0.3, 0.4) is 0 Å². The van der Waals surface area contributed by atoms with E-state index in [1.54, 1.807) is 0 Å². The highest BCUT2D eigenvalue weighted by molar-refractivity contribution is 5.94. The van der Waals surface area contributed by atoms with Crippen molar-refractivity contribution in [3.63, 3.8) is 0 Å². The minimum Gasteiger partial charge on any atom is -0.368 e. The van der Waals surface area contributed by atoms with E-state index in [-0.39, 0.29) is 5.78 Å². The average Bonchev–Trinajstić information content (AvgIpc) is 2.95. The van der Waals surface area contributed by atoms with Crippen molar-refractivity contribution in [1.82, 2.24) is 14.8 Å². The largest absolute Gasteiger partial charge is 0.368 e. The van der Waals surface area contributed by atoms with Crippen molar-refractivity contribution >= 4 is 11.5 Å². The lowest BCUT2D eigenvalue weighted by Gasteiger charge is -2.36. The second kappa shape index (κ2) is 12.1. The monoisotopic (exact) mass is 493 g/mol. The third-order valence-electron chi connectivity index (χ3n) is 7.69. The molecule has 3 heterocycles. The number of hydrogen-bond acceptors (Lipinski definition) is 6. The van der Waals surface area contributed by atoms with Crippen LogP contribution < -0.4 is 4.90 Å². The lowest BCUT2D eigenvalue weighted by molar-refractivity contribution is 0.0920. The van der Waals surface area contributed by atoms with Gasteiger partial charge < -0.3 is 4.90 Å². The molecule has 2 aliphatic heterocycles. The molecule has 0 amide bonds. The molecular formula is C31H35N5O. The van der Waals surface area contributed by atoms with Gasteiger partial charge in [0.1, 0.15) is 5.69 Å². The summed E-state index contributed by atoms with van der Waals surface area (Å²) in [6.45, 7) is 7.90. The molecule has 0 spiro atoms. The number of benzene rings is 2. The van der Waals surface area contributed by atoms with E-state index in [2.05, 4.69) is 62.2 Å². The number of rotatable bonds is 8. The Labute approximate surface area is 220 Å². The van der Waals surface area contributed by atoms with Crippen molar-refractivity contribution < 1.29 is 4.79 Å². The zero-order valence-electron chi connectivity index (χ0n) is 21.4. The van der Waals surface area contributed by atoms with E-state index in [4.69, 9.17) is 5.26 Å². The molecule has 0 radical (unpaired) electrons. The average molecular weight is 494 g/mol. The summed E-state index contributed by atoms with van der Waals surface area (Å²) < 4.78 is 0. The van der Waals surface area contributed by atoms with Gasteiger partial charge in [0.25, 0.3) is 0 Å². The van der Waals surface area contributed by atoms with Gasteiger partial charge in [-0.25, -0.2) is 0 Å². The normalized spacial score (nSPS) is 17.4. The number of anilines is 1. The van der Waals surface area contributed by atoms with E-state index in [9.17, 15) is 4.79 Å². The van der Waals surface area contributed by atoms with Gasteiger partial charge in [0.05, 0.1) is 23.5 Å². The van der Waals surface area contributed by atoms with Crippen LogP contribution in [0.4, 0.5) is 5.69 Å². The zero-order chi connectivity index (χ0) is 25.5. The first-order chi connectivity index (χ1) is 18.2. The Morgan fingerprint density at radius 1 is 0.811 bits per heavy atom. The zero-order valence-corrected chi connectivity index (χ0v) is 21.4. The summed E-state index contributed by atoms with van der Waals surface area (Å²) in [4.78, 5) is 24.8. The molecule has 0 bridgehead atoms. The molecule has 2 aliphatic rings. The highest BCUT2D eigenvalue weighted by Gasteiger charge is 2.23. The third kappa shape index (κ3) is 6.82. The van der Waals surface area contributed by atoms with E-state index in [0.29, 0.717) is 23.6 Å². The van der Waals surface area contributed by atoms with Gasteiger partial charge in [-0.05, 0) is 67.2 Å². The van der Waals surface area contributed by atoms with E-state index in [0.717, 1.165) is 70.9 Å². The Hall–Kier alpha value is -3.53. The summed E-state index contributed by atoms with van der Waals surface area (Å²) in [5, 5.41) is 8.96. The number of carbonyl (C=O) groups is 1. The van der Waals surface area contributed by atoms with Crippen LogP contribution in [0.5, 0.6) is 0 Å². The number of ketones is 1. The molecule has 2 saturated heterocycles. The van der Waals surface area contributed by atoms with Gasteiger partial charge in [-0.1, -0.05) is 42.5 Å². The van der Waals surface area contributed by atoms with Gasteiger partial charge >= 0.3 is 0 Å². The maximum atomic E-state index is 12.9. The Morgan fingerprint density at radius 2 is 1.46 bits per heavy atom. The van der Waals surface area contributed by atoms with Crippen molar-refractivity contribution in [2.75, 3.05) is 44.2 Å². The van der Waals surface area contributed by atoms with Crippen LogP contribution in [0.2, 0.25) is 0 Å². The molecule has 37 heavy (non-hydrogen) atoms. The molecule has 0 saturated carbocycles. The fraction of sp³-hybridized carbons (Fsp3) is 0.387. The maximum absolute atomic E-state index is 12.9. The first kappa shape index (κ1) is 25.1. The second-order valence-electron chi connectivity index (χ2n) is 10.3. The van der Waals surface area contributed by atoms with Crippen molar-refractivity contribution in [2.24, 2.45) is 5.92 Å². The number of nitriles is 1. The lowest BCUT2D eigenvalue weighted by atomic mass is 9.90. The molecule has 5 rings (SSSR count). The molecule has 0 unspecified atom stereocenters. The fourth-order valence-electron chi connectivity index (χ4n) is 5.40. The van der Waals surface area contributed by atoms with Crippen LogP contribution in [-0.2, 0) is 13.1 Å². The van der Waals surface area contributed by atoms with Crippen LogP contribution >= 0.6 is 0 Å². The number of nitrogens with zero attached hydrogens (tertiary/aromatic N) is 5. The van der Waals surface area contributed by atoms with Crippen molar-refractivity contribution in [3.05, 3.63) is 95.3 Å². The highest BCUT2D eigenvalue weighted by Crippen LogP contribution is 2.24. The van der Waals surface area contributed by atoms with E-state index >= 15 is 0 Å². The van der Waals surface area contributed by atoms with Gasteiger partial charge in [-0.3, -0.25) is 19.6 Å². The summed E-state index contributed by atoms with van der Waals surface area (Å²) in [7, 11) is 0. The van der Waals surface area contributed by atoms with Gasteiger partial charge in [0, 0.05) is 45.7 Å². The highest BCUT2D eigenvalue weighted by atomic mass is 16.1. The minimum absolute atomic E-state index is 0.157. The molecule has 0 atom stereocenters. The van der Waals surface area contributed by atoms with Crippen molar-refractivity contribution in [3.8, 4) is 6.07 Å². The summed E-state index contributed by atoms with van der Waals surface area (Å²) in [6, 6.07) is 24.6. The number of piperazine rings is 1. The van der Waals surface area contributed by atoms with Crippen LogP contribution in [0.15, 0.2) is 72.9 Å². The van der Waals surface area contributed by atoms with Gasteiger partial charge in [0.2, 0.25) is 0 Å². The minimum atomic E-state index is 0.157. The summed E-state index contributed by atoms with van der Waals surface area (Å²) in [5.74, 6) is 0.577. The van der Waals surface area contributed by atoms with Gasteiger partial charge in [-0.2, -0.15) is 5.26 Å². The van der Waals surface area contributed by atoms with Crippen molar-refractivity contribution in [2.45, 2.75) is 32.4 Å². The Morgan fingerprint density at radius 3 is 2.08 bits per heavy atom. The summed E-state index contributed by atoms with van der Waals surface area (Å²) in [6.07, 6.45) is 4.52. The summed E-state index contributed by atoms with van der Waals surface area (Å²) >= 11 is 0. The number of Topliss-reactive ketones (excluding diaryl/α,β-unsaturated/α-hetero) is 1. The van der Waals surface area contributed by atoms with Crippen LogP contribution in [0.25, 0.3) is 0 Å². The Bertz CT molecular complexity index is 1190. The second-order valence-corrected chi connectivity index (χ2v) is 10.3. The van der Waals surface area contributed by atoms with Gasteiger partial charge in [-0.15, -0.1) is 0 Å². The number of likely N-dealkylation sites (tertiary alicyclic amines) is 1. The Kier molecular flexibility index (Phi) is 8.25. The lowest BCUT2D eigenvalue weighted by Crippen LogP contribution is -2.46. The van der Waals surface area contributed by atoms with Gasteiger partial charge in [0.15, 0.2) is 5.78 Å². The molecule has 3 aromatic rings. The van der Waals surface area contributed by atoms with Crippen LogP contribution in [0.1, 0.15) is 46.4 Å². The SMILES string of the molecule is N#Cc1ccc(CN2CCC(CC(=O)c3ccc(N4CCN(Cc5ccccc5)CC4)cn3)CC2)cc1. The first-order valence-electron chi connectivity index (χ1n) is 13.4. The molecule has 0 aliphatic carbocycles. The standard InChI is InChI=1S/C31H35N5O/c32-21-26-6-8-28(9-7-26)24-34-14-12-25(13-15-34)20-31(37)30-11-10-29(22-33-30)36-18-16-35(17-19-36)23-27-4-2-1-3-5-27/h1-11,22,25H,12-20,23-24H2. The van der Waals surface area contributed by atoms with E-state index in [1.165, 1.54) is 11.1 Å². The maximum Gasteiger partial charge on any atom is 0.181 e. The number of hydrogen-bond donors (Lipinski definition) is 0. The molecular weight excluding hydrogens is 458 g/mol. The van der Waals surface area contributed by atoms with E-state index in [1.807, 2.05) is 36.5 Å². The smallest absolute Gasteiger partial charge is 0.181 e. The molecule has 1 aromatic heterocycles. The first-order valence-corrected chi connectivity index (χ1v) is 13.4. The predicted molar refractivity (Wildman–Crippen MR) is 146 cm³/mol. The molecule has 0 N–H and O–H groups in total. The fourth-order valence-corrected chi connectivity index (χ4v) is 5.40. The number of carbonyl (C=O) groups excluding carboxylic acids is 1. The molecule has 2 aromatic carbocycles. The molecule has 6 heteroatoms.